The molecule has 0 aliphatic carbocycles. The summed E-state index contributed by atoms with van der Waals surface area (Å²) in [6.07, 6.45) is 0.294. The zero-order chi connectivity index (χ0) is 15.2. The second-order valence-electron chi connectivity index (χ2n) is 6.30. The second kappa shape index (κ2) is 8.28. The second-order valence-corrected chi connectivity index (χ2v) is 7.15. The number of hydrogen-bond donors (Lipinski definition) is 1. The predicted molar refractivity (Wildman–Crippen MR) is 91.6 cm³/mol. The molecular formula is C17H27BrN2O. The molecule has 118 valence electrons. The van der Waals surface area contributed by atoms with Crippen LogP contribution in [0.2, 0.25) is 0 Å². The molecule has 1 aliphatic rings. The number of halogens is 1. The van der Waals surface area contributed by atoms with E-state index in [-0.39, 0.29) is 0 Å². The molecule has 0 bridgehead atoms. The summed E-state index contributed by atoms with van der Waals surface area (Å²) in [5, 5.41) is 3.60. The highest BCUT2D eigenvalue weighted by molar-refractivity contribution is 9.10. The Balaban J connectivity index is 1.81. The van der Waals surface area contributed by atoms with Gasteiger partial charge in [-0.3, -0.25) is 4.90 Å². The molecule has 0 saturated carbocycles. The molecule has 21 heavy (non-hydrogen) atoms. The summed E-state index contributed by atoms with van der Waals surface area (Å²) in [5.41, 5.74) is 1.30. The van der Waals surface area contributed by atoms with Crippen molar-refractivity contribution < 1.29 is 4.74 Å². The molecular weight excluding hydrogens is 328 g/mol. The molecule has 1 aliphatic heterocycles. The van der Waals surface area contributed by atoms with E-state index in [0.29, 0.717) is 12.1 Å². The highest BCUT2D eigenvalue weighted by Crippen LogP contribution is 2.22. The Bertz CT molecular complexity index is 439. The molecule has 1 saturated heterocycles. The van der Waals surface area contributed by atoms with E-state index in [1.807, 2.05) is 6.07 Å². The van der Waals surface area contributed by atoms with Gasteiger partial charge in [0.1, 0.15) is 0 Å². The molecule has 0 spiro atoms. The lowest BCUT2D eigenvalue weighted by Crippen LogP contribution is -2.47. The first kappa shape index (κ1) is 16.9. The average Bonchev–Trinajstić information content (AvgIpc) is 2.45. The number of nitrogens with one attached hydrogen (secondary N) is 1. The Hall–Kier alpha value is -0.420. The molecule has 1 fully saturated rings. The molecule has 2 atom stereocenters. The lowest BCUT2D eigenvalue weighted by molar-refractivity contribution is -0.0311. The number of ether oxygens (including phenoxy) is 1. The molecule has 3 nitrogen and oxygen atoms in total. The van der Waals surface area contributed by atoms with E-state index >= 15 is 0 Å². The number of benzene rings is 1. The van der Waals surface area contributed by atoms with Gasteiger partial charge >= 0.3 is 0 Å². The zero-order valence-corrected chi connectivity index (χ0v) is 14.9. The lowest BCUT2D eigenvalue weighted by Gasteiger charge is -2.34. The molecule has 0 radical (unpaired) electrons. The minimum atomic E-state index is 0.294. The van der Waals surface area contributed by atoms with Crippen LogP contribution in [0.4, 0.5) is 0 Å². The molecule has 1 aromatic carbocycles. The molecule has 4 heteroatoms. The van der Waals surface area contributed by atoms with Crippen molar-refractivity contribution in [3.8, 4) is 0 Å². The van der Waals surface area contributed by atoms with E-state index in [2.05, 4.69) is 65.1 Å². The van der Waals surface area contributed by atoms with Crippen LogP contribution in [0.15, 0.2) is 28.7 Å². The van der Waals surface area contributed by atoms with Gasteiger partial charge in [0.25, 0.3) is 0 Å². The highest BCUT2D eigenvalue weighted by atomic mass is 79.9. The average molecular weight is 355 g/mol. The first-order valence-corrected chi connectivity index (χ1v) is 8.67. The van der Waals surface area contributed by atoms with E-state index in [1.54, 1.807) is 0 Å². The van der Waals surface area contributed by atoms with Crippen molar-refractivity contribution in [3.63, 3.8) is 0 Å². The van der Waals surface area contributed by atoms with Crippen molar-refractivity contribution in [3.05, 3.63) is 34.3 Å². The summed E-state index contributed by atoms with van der Waals surface area (Å²) >= 11 is 3.62. The van der Waals surface area contributed by atoms with Gasteiger partial charge in [-0.25, -0.2) is 0 Å². The van der Waals surface area contributed by atoms with Crippen molar-refractivity contribution >= 4 is 15.9 Å². The Morgan fingerprint density at radius 2 is 2.10 bits per heavy atom. The first-order valence-electron chi connectivity index (χ1n) is 7.88. The van der Waals surface area contributed by atoms with Gasteiger partial charge in [0.2, 0.25) is 0 Å². The Morgan fingerprint density at radius 1 is 1.33 bits per heavy atom. The van der Waals surface area contributed by atoms with E-state index in [0.717, 1.165) is 36.6 Å². The smallest absolute Gasteiger partial charge is 0.0826 e. The van der Waals surface area contributed by atoms with E-state index in [4.69, 9.17) is 4.74 Å². The maximum absolute atomic E-state index is 5.89. The van der Waals surface area contributed by atoms with Crippen LogP contribution in [0.25, 0.3) is 0 Å². The molecule has 1 heterocycles. The van der Waals surface area contributed by atoms with Crippen molar-refractivity contribution in [2.75, 3.05) is 32.8 Å². The van der Waals surface area contributed by atoms with E-state index < -0.39 is 0 Å². The number of nitrogens with zero attached hydrogens (tertiary/aromatic N) is 1. The van der Waals surface area contributed by atoms with E-state index in [9.17, 15) is 0 Å². The third kappa shape index (κ3) is 5.37. The van der Waals surface area contributed by atoms with Gasteiger partial charge in [-0.1, -0.05) is 48.0 Å². The highest BCUT2D eigenvalue weighted by Gasteiger charge is 2.21. The topological polar surface area (TPSA) is 24.5 Å². The number of hydrogen-bond acceptors (Lipinski definition) is 3. The third-order valence-corrected chi connectivity index (χ3v) is 4.59. The summed E-state index contributed by atoms with van der Waals surface area (Å²) in [7, 11) is 0. The molecule has 0 amide bonds. The minimum absolute atomic E-state index is 0.294. The molecule has 1 aromatic rings. The summed E-state index contributed by atoms with van der Waals surface area (Å²) in [4.78, 5) is 2.52. The monoisotopic (exact) mass is 354 g/mol. The summed E-state index contributed by atoms with van der Waals surface area (Å²) in [6.45, 7) is 11.8. The van der Waals surface area contributed by atoms with Crippen LogP contribution in [-0.4, -0.2) is 43.8 Å². The molecule has 1 N–H and O–H groups in total. The summed E-state index contributed by atoms with van der Waals surface area (Å²) in [6, 6.07) is 8.71. The van der Waals surface area contributed by atoms with Crippen LogP contribution in [0.3, 0.4) is 0 Å². The fourth-order valence-corrected chi connectivity index (χ4v) is 3.46. The van der Waals surface area contributed by atoms with Gasteiger partial charge in [-0.05, 0) is 24.5 Å². The largest absolute Gasteiger partial charge is 0.374 e. The Kier molecular flexibility index (Phi) is 6.68. The van der Waals surface area contributed by atoms with Crippen LogP contribution < -0.4 is 5.32 Å². The van der Waals surface area contributed by atoms with Crippen LogP contribution in [0.1, 0.15) is 32.4 Å². The Labute approximate surface area is 137 Å². The first-order chi connectivity index (χ1) is 10.1. The van der Waals surface area contributed by atoms with Gasteiger partial charge in [0.15, 0.2) is 0 Å². The van der Waals surface area contributed by atoms with Gasteiger partial charge in [-0.15, -0.1) is 0 Å². The van der Waals surface area contributed by atoms with Gasteiger partial charge in [-0.2, -0.15) is 0 Å². The van der Waals surface area contributed by atoms with Gasteiger partial charge in [0, 0.05) is 36.7 Å². The van der Waals surface area contributed by atoms with Gasteiger partial charge < -0.3 is 10.1 Å². The van der Waals surface area contributed by atoms with Crippen LogP contribution in [0, 0.1) is 5.92 Å². The van der Waals surface area contributed by atoms with Crippen molar-refractivity contribution in [1.29, 1.82) is 0 Å². The van der Waals surface area contributed by atoms with Crippen molar-refractivity contribution in [1.82, 2.24) is 10.2 Å². The number of morpholine rings is 1. The normalized spacial score (nSPS) is 21.7. The molecule has 0 aromatic heterocycles. The van der Waals surface area contributed by atoms with Crippen molar-refractivity contribution in [2.24, 2.45) is 5.92 Å². The quantitative estimate of drug-likeness (QED) is 0.846. The maximum Gasteiger partial charge on any atom is 0.0826 e. The predicted octanol–water partition coefficient (Wildman–Crippen LogP) is 3.46. The third-order valence-electron chi connectivity index (χ3n) is 3.87. The minimum Gasteiger partial charge on any atom is -0.374 e. The van der Waals surface area contributed by atoms with Crippen LogP contribution in [0.5, 0.6) is 0 Å². The SMILES string of the molecule is CC(C)CN1CCOC(CNC(C)c2ccccc2Br)C1. The van der Waals surface area contributed by atoms with Crippen molar-refractivity contribution in [2.45, 2.75) is 32.9 Å². The summed E-state index contributed by atoms with van der Waals surface area (Å²) < 4.78 is 7.05. The van der Waals surface area contributed by atoms with Gasteiger partial charge in [0.05, 0.1) is 12.7 Å². The standard InChI is InChI=1S/C17H27BrN2O/c1-13(2)11-20-8-9-21-15(12-20)10-19-14(3)16-6-4-5-7-17(16)18/h4-7,13-15,19H,8-12H2,1-3H3. The molecule has 2 rings (SSSR count). The number of rotatable bonds is 6. The van der Waals surface area contributed by atoms with E-state index in [1.165, 1.54) is 12.1 Å². The fourth-order valence-electron chi connectivity index (χ4n) is 2.83. The fraction of sp³-hybridized carbons (Fsp3) is 0.647. The lowest BCUT2D eigenvalue weighted by atomic mass is 10.1. The summed E-state index contributed by atoms with van der Waals surface area (Å²) in [5.74, 6) is 0.718. The Morgan fingerprint density at radius 3 is 2.81 bits per heavy atom. The zero-order valence-electron chi connectivity index (χ0n) is 13.3. The maximum atomic E-state index is 5.89. The molecule has 2 unspecified atom stereocenters. The van der Waals surface area contributed by atoms with Crippen LogP contribution >= 0.6 is 15.9 Å². The van der Waals surface area contributed by atoms with Crippen LogP contribution in [-0.2, 0) is 4.74 Å².